The zero-order valence-electron chi connectivity index (χ0n) is 22.0. The number of methoxy groups -OCH3 is 1. The highest BCUT2D eigenvalue weighted by Gasteiger charge is 2.29. The fraction of sp³-hybridized carbons (Fsp3) is 0.467. The summed E-state index contributed by atoms with van der Waals surface area (Å²) in [7, 11) is 3.58. The van der Waals surface area contributed by atoms with Gasteiger partial charge in [0.2, 0.25) is 0 Å². The maximum atomic E-state index is 11.9. The number of aromatic nitrogens is 1. The first-order chi connectivity index (χ1) is 18.0. The van der Waals surface area contributed by atoms with Crippen LogP contribution in [0.15, 0.2) is 42.0 Å². The Hall–Kier alpha value is -2.84. The van der Waals surface area contributed by atoms with Gasteiger partial charge in [-0.3, -0.25) is 4.79 Å². The number of ether oxygens (including phenoxy) is 1. The van der Waals surface area contributed by atoms with Crippen LogP contribution < -0.4 is 10.6 Å². The average Bonchev–Trinajstić information content (AvgIpc) is 3.50. The van der Waals surface area contributed by atoms with Gasteiger partial charge in [0.15, 0.2) is 0 Å². The number of carbonyl (C=O) groups excluding carboxylic acids is 1. The van der Waals surface area contributed by atoms with E-state index in [0.29, 0.717) is 17.2 Å². The Balaban J connectivity index is 1.64. The third kappa shape index (κ3) is 5.14. The number of aliphatic hydroxyl groups is 1. The molecule has 0 radical (unpaired) electrons. The summed E-state index contributed by atoms with van der Waals surface area (Å²) in [6.07, 6.45) is 8.80. The highest BCUT2D eigenvalue weighted by Crippen LogP contribution is 2.39. The first kappa shape index (κ1) is 25.8. The van der Waals surface area contributed by atoms with Crippen molar-refractivity contribution < 1.29 is 14.6 Å². The minimum atomic E-state index is -0.981. The first-order valence-corrected chi connectivity index (χ1v) is 13.4. The zero-order chi connectivity index (χ0) is 25.9. The molecule has 7 nitrogen and oxygen atoms in total. The van der Waals surface area contributed by atoms with Gasteiger partial charge in [0.05, 0.1) is 29.6 Å². The minimum Gasteiger partial charge on any atom is -0.384 e. The third-order valence-corrected chi connectivity index (χ3v) is 8.02. The van der Waals surface area contributed by atoms with Crippen LogP contribution in [-0.2, 0) is 35.5 Å². The number of nitrogens with one attached hydrogen (secondary N) is 2. The smallest absolute Gasteiger partial charge is 0.148 e. The summed E-state index contributed by atoms with van der Waals surface area (Å²) in [6, 6.07) is 5.16. The molecule has 1 atom stereocenters. The number of benzene rings is 1. The molecule has 3 heterocycles. The monoisotopic (exact) mass is 502 g/mol. The number of piperidine rings is 1. The standard InChI is InChI=1S/C30H38N4O3/c1-4-29(36)23(21(17-35)18-37-3)14-28-30-26(16-34(28)2)25(15-32-22-8-10-31-11-9-22)24-12-19-6-5-7-20(19)13-27(24)33-30/h4,12-14,17,22,29,31-32,36H,1,5-11,15-16,18H2,2-3H3/b23-21-,28-14-. The topological polar surface area (TPSA) is 86.7 Å². The number of aryl methyl sites for hydroxylation is 2. The van der Waals surface area contributed by atoms with E-state index in [1.54, 1.807) is 7.11 Å². The Morgan fingerprint density at radius 1 is 1.32 bits per heavy atom. The molecule has 3 aliphatic rings. The molecule has 0 spiro atoms. The van der Waals surface area contributed by atoms with E-state index in [-0.39, 0.29) is 6.61 Å². The Kier molecular flexibility index (Phi) is 7.86. The molecular weight excluding hydrogens is 464 g/mol. The van der Waals surface area contributed by atoms with Crippen LogP contribution in [0.5, 0.6) is 0 Å². The first-order valence-electron chi connectivity index (χ1n) is 13.4. The van der Waals surface area contributed by atoms with E-state index in [0.717, 1.165) is 75.1 Å². The lowest BCUT2D eigenvalue weighted by molar-refractivity contribution is -0.105. The zero-order valence-corrected chi connectivity index (χ0v) is 22.0. The average molecular weight is 503 g/mol. The van der Waals surface area contributed by atoms with Crippen LogP contribution in [0.2, 0.25) is 0 Å². The van der Waals surface area contributed by atoms with Crippen molar-refractivity contribution in [1.82, 2.24) is 20.5 Å². The lowest BCUT2D eigenvalue weighted by atomic mass is 9.96. The number of hydrogen-bond donors (Lipinski definition) is 3. The van der Waals surface area contributed by atoms with E-state index in [2.05, 4.69) is 34.2 Å². The van der Waals surface area contributed by atoms with E-state index in [9.17, 15) is 9.90 Å². The van der Waals surface area contributed by atoms with Gasteiger partial charge in [0.1, 0.15) is 6.29 Å². The van der Waals surface area contributed by atoms with Gasteiger partial charge in [0.25, 0.3) is 0 Å². The highest BCUT2D eigenvalue weighted by molar-refractivity contribution is 5.89. The maximum absolute atomic E-state index is 11.9. The van der Waals surface area contributed by atoms with Gasteiger partial charge >= 0.3 is 0 Å². The van der Waals surface area contributed by atoms with Crippen LogP contribution >= 0.6 is 0 Å². The van der Waals surface area contributed by atoms with E-state index in [4.69, 9.17) is 9.72 Å². The molecular formula is C30H38N4O3. The van der Waals surface area contributed by atoms with E-state index in [1.165, 1.54) is 40.1 Å². The summed E-state index contributed by atoms with van der Waals surface area (Å²) in [4.78, 5) is 19.2. The summed E-state index contributed by atoms with van der Waals surface area (Å²) in [5, 5.41) is 19.2. The number of fused-ring (bicyclic) bond motifs is 3. The predicted molar refractivity (Wildman–Crippen MR) is 147 cm³/mol. The quantitative estimate of drug-likeness (QED) is 0.276. The van der Waals surface area contributed by atoms with Gasteiger partial charge < -0.3 is 25.4 Å². The molecule has 1 unspecified atom stereocenters. The number of aldehydes is 1. The molecule has 1 aromatic carbocycles. The third-order valence-electron chi connectivity index (χ3n) is 8.02. The SMILES string of the molecule is C=CC(O)C(/C=C1/c2nc3cc4c(cc3c(CNC3CCNCC3)c2CN1C)CCC4)=C(/C=O)COC. The molecule has 5 rings (SSSR count). The number of rotatable bonds is 9. The second-order valence-electron chi connectivity index (χ2n) is 10.4. The molecule has 196 valence electrons. The number of pyridine rings is 1. The van der Waals surface area contributed by atoms with Gasteiger partial charge in [-0.2, -0.15) is 0 Å². The molecule has 37 heavy (non-hydrogen) atoms. The van der Waals surface area contributed by atoms with Crippen LogP contribution in [-0.4, -0.2) is 67.3 Å². The molecule has 2 aliphatic heterocycles. The number of nitrogens with zero attached hydrogens (tertiary/aromatic N) is 2. The molecule has 0 bridgehead atoms. The van der Waals surface area contributed by atoms with Crippen LogP contribution in [0.4, 0.5) is 0 Å². The van der Waals surface area contributed by atoms with Crippen LogP contribution in [0.25, 0.3) is 16.6 Å². The fourth-order valence-corrected chi connectivity index (χ4v) is 5.96. The highest BCUT2D eigenvalue weighted by atomic mass is 16.5. The lowest BCUT2D eigenvalue weighted by Crippen LogP contribution is -2.39. The van der Waals surface area contributed by atoms with Gasteiger partial charge in [-0.1, -0.05) is 6.08 Å². The Morgan fingerprint density at radius 3 is 2.78 bits per heavy atom. The summed E-state index contributed by atoms with van der Waals surface area (Å²) in [5.41, 5.74) is 9.11. The van der Waals surface area contributed by atoms with Crippen molar-refractivity contribution in [1.29, 1.82) is 0 Å². The molecule has 2 aromatic rings. The van der Waals surface area contributed by atoms with Crippen LogP contribution in [0, 0.1) is 0 Å². The summed E-state index contributed by atoms with van der Waals surface area (Å²) < 4.78 is 5.23. The Labute approximate surface area is 219 Å². The molecule has 1 fully saturated rings. The Morgan fingerprint density at radius 2 is 2.08 bits per heavy atom. The molecule has 7 heteroatoms. The molecule has 1 aromatic heterocycles. The van der Waals surface area contributed by atoms with Crippen molar-refractivity contribution in [3.8, 4) is 0 Å². The van der Waals surface area contributed by atoms with Crippen molar-refractivity contribution in [3.63, 3.8) is 0 Å². The molecule has 1 aliphatic carbocycles. The second-order valence-corrected chi connectivity index (χ2v) is 10.4. The van der Waals surface area contributed by atoms with Crippen LogP contribution in [0.3, 0.4) is 0 Å². The molecule has 1 saturated heterocycles. The van der Waals surface area contributed by atoms with E-state index < -0.39 is 6.10 Å². The summed E-state index contributed by atoms with van der Waals surface area (Å²) in [5.74, 6) is 0. The molecule has 0 amide bonds. The fourth-order valence-electron chi connectivity index (χ4n) is 5.96. The summed E-state index contributed by atoms with van der Waals surface area (Å²) in [6.45, 7) is 7.49. The minimum absolute atomic E-state index is 0.118. The predicted octanol–water partition coefficient (Wildman–Crippen LogP) is 3.04. The number of hydrogen-bond acceptors (Lipinski definition) is 7. The van der Waals surface area contributed by atoms with E-state index >= 15 is 0 Å². The lowest BCUT2D eigenvalue weighted by Gasteiger charge is -2.24. The number of aliphatic hydroxyl groups excluding tert-OH is 1. The second kappa shape index (κ2) is 11.3. The molecule has 3 N–H and O–H groups in total. The van der Waals surface area contributed by atoms with Crippen molar-refractivity contribution in [2.24, 2.45) is 0 Å². The van der Waals surface area contributed by atoms with Crippen molar-refractivity contribution in [3.05, 3.63) is 70.0 Å². The van der Waals surface area contributed by atoms with Gasteiger partial charge in [0, 0.05) is 49.8 Å². The van der Waals surface area contributed by atoms with Crippen molar-refractivity contribution in [2.45, 2.75) is 57.3 Å². The Bertz CT molecular complexity index is 1260. The van der Waals surface area contributed by atoms with E-state index in [1.807, 2.05) is 13.1 Å². The van der Waals surface area contributed by atoms with Gasteiger partial charge in [-0.25, -0.2) is 4.98 Å². The van der Waals surface area contributed by atoms with Gasteiger partial charge in [-0.15, -0.1) is 6.58 Å². The largest absolute Gasteiger partial charge is 0.384 e. The maximum Gasteiger partial charge on any atom is 0.148 e. The van der Waals surface area contributed by atoms with Crippen molar-refractivity contribution in [2.75, 3.05) is 33.9 Å². The van der Waals surface area contributed by atoms with Crippen molar-refractivity contribution >= 4 is 22.9 Å². The summed E-state index contributed by atoms with van der Waals surface area (Å²) >= 11 is 0. The number of carbonyl (C=O) groups is 1. The molecule has 0 saturated carbocycles. The van der Waals surface area contributed by atoms with Crippen LogP contribution in [0.1, 0.15) is 47.2 Å². The van der Waals surface area contributed by atoms with Gasteiger partial charge in [-0.05, 0) is 85.7 Å². The normalized spacial score (nSPS) is 20.2.